The molecule has 0 spiro atoms. The zero-order valence-corrected chi connectivity index (χ0v) is 11.5. The molecule has 104 valence electrons. The Bertz CT molecular complexity index is 656. The lowest BCUT2D eigenvalue weighted by Gasteiger charge is -2.13. The monoisotopic (exact) mass is 307 g/mol. The zero-order chi connectivity index (χ0) is 15.0. The number of carbonyl (C=O) groups is 1. The Morgan fingerprint density at radius 1 is 1.42 bits per heavy atom. The van der Waals surface area contributed by atoms with E-state index in [2.05, 4.69) is 0 Å². The third kappa shape index (κ3) is 3.19. The maximum absolute atomic E-state index is 11.8. The molecule has 19 heavy (non-hydrogen) atoms. The first-order chi connectivity index (χ1) is 8.55. The van der Waals surface area contributed by atoms with E-state index in [9.17, 15) is 23.3 Å². The molecule has 1 aromatic carbocycles. The van der Waals surface area contributed by atoms with E-state index in [0.29, 0.717) is 6.07 Å². The van der Waals surface area contributed by atoms with E-state index in [1.54, 1.807) is 0 Å². The first kappa shape index (κ1) is 15.3. The largest absolute Gasteiger partial charge is 0.345 e. The van der Waals surface area contributed by atoms with Gasteiger partial charge in [-0.1, -0.05) is 11.6 Å². The molecule has 0 atom stereocenters. The minimum atomic E-state index is -4.28. The summed E-state index contributed by atoms with van der Waals surface area (Å²) < 4.78 is 22.6. The molecule has 0 aliphatic carbocycles. The van der Waals surface area contributed by atoms with E-state index >= 15 is 0 Å². The van der Waals surface area contributed by atoms with Crippen LogP contribution in [0.3, 0.4) is 0 Å². The smallest absolute Gasteiger partial charge is 0.271 e. The standard InChI is InChI=1S/C9H10ClN3O5S/c1-12(2)9(14)6-3-5(13(15)16)4-7(8(6)10)19(11,17)18/h3-4H,1-2H3,(H2,11,17,18). The van der Waals surface area contributed by atoms with Gasteiger partial charge in [0.2, 0.25) is 10.0 Å². The predicted octanol–water partition coefficient (Wildman–Crippen LogP) is 0.597. The molecule has 1 rings (SSSR count). The van der Waals surface area contributed by atoms with Crippen LogP contribution in [0, 0.1) is 10.1 Å². The van der Waals surface area contributed by atoms with Crippen LogP contribution in [0.1, 0.15) is 10.4 Å². The van der Waals surface area contributed by atoms with Crippen molar-refractivity contribution in [1.82, 2.24) is 4.90 Å². The number of carbonyl (C=O) groups excluding carboxylic acids is 1. The van der Waals surface area contributed by atoms with Crippen LogP contribution in [0.5, 0.6) is 0 Å². The quantitative estimate of drug-likeness (QED) is 0.646. The average Bonchev–Trinajstić information content (AvgIpc) is 2.26. The van der Waals surface area contributed by atoms with Crippen molar-refractivity contribution in [1.29, 1.82) is 0 Å². The molecule has 0 bridgehead atoms. The summed E-state index contributed by atoms with van der Waals surface area (Å²) >= 11 is 5.78. The summed E-state index contributed by atoms with van der Waals surface area (Å²) in [5.74, 6) is -0.668. The van der Waals surface area contributed by atoms with Crippen molar-refractivity contribution in [2.75, 3.05) is 14.1 Å². The fourth-order valence-corrected chi connectivity index (χ4v) is 2.45. The zero-order valence-electron chi connectivity index (χ0n) is 9.95. The van der Waals surface area contributed by atoms with Crippen LogP contribution in [-0.2, 0) is 10.0 Å². The van der Waals surface area contributed by atoms with Gasteiger partial charge in [0, 0.05) is 26.2 Å². The van der Waals surface area contributed by atoms with Gasteiger partial charge in [0.05, 0.1) is 15.5 Å². The van der Waals surface area contributed by atoms with Gasteiger partial charge >= 0.3 is 0 Å². The maximum atomic E-state index is 11.8. The lowest BCUT2D eigenvalue weighted by Crippen LogP contribution is -2.23. The van der Waals surface area contributed by atoms with Gasteiger partial charge < -0.3 is 4.90 Å². The molecule has 1 amide bonds. The van der Waals surface area contributed by atoms with Gasteiger partial charge in [0.15, 0.2) is 0 Å². The van der Waals surface area contributed by atoms with Crippen molar-refractivity contribution < 1.29 is 18.1 Å². The molecule has 0 fully saturated rings. The first-order valence-corrected chi connectivity index (χ1v) is 6.70. The molecule has 8 nitrogen and oxygen atoms in total. The number of non-ortho nitro benzene ring substituents is 1. The van der Waals surface area contributed by atoms with Crippen molar-refractivity contribution in [2.24, 2.45) is 5.14 Å². The lowest BCUT2D eigenvalue weighted by atomic mass is 10.2. The van der Waals surface area contributed by atoms with E-state index in [-0.39, 0.29) is 5.56 Å². The number of nitrogens with zero attached hydrogens (tertiary/aromatic N) is 2. The molecule has 2 N–H and O–H groups in total. The van der Waals surface area contributed by atoms with Gasteiger partial charge in [-0.2, -0.15) is 0 Å². The van der Waals surface area contributed by atoms with Crippen molar-refractivity contribution in [3.63, 3.8) is 0 Å². The number of sulfonamides is 1. The Morgan fingerprint density at radius 2 is 1.95 bits per heavy atom. The highest BCUT2D eigenvalue weighted by molar-refractivity contribution is 7.89. The van der Waals surface area contributed by atoms with Crippen molar-refractivity contribution in [3.05, 3.63) is 32.8 Å². The third-order valence-electron chi connectivity index (χ3n) is 2.18. The lowest BCUT2D eigenvalue weighted by molar-refractivity contribution is -0.385. The summed E-state index contributed by atoms with van der Waals surface area (Å²) in [5, 5.41) is 15.2. The van der Waals surface area contributed by atoms with Crippen LogP contribution in [0.2, 0.25) is 5.02 Å². The highest BCUT2D eigenvalue weighted by atomic mass is 35.5. The number of rotatable bonds is 3. The number of nitro benzene ring substituents is 1. The Labute approximate surface area is 114 Å². The molecule has 0 saturated heterocycles. The van der Waals surface area contributed by atoms with Crippen LogP contribution in [0.25, 0.3) is 0 Å². The second kappa shape index (κ2) is 5.11. The second-order valence-corrected chi connectivity index (χ2v) is 5.71. The average molecular weight is 308 g/mol. The minimum absolute atomic E-state index is 0.301. The topological polar surface area (TPSA) is 124 Å². The molecule has 0 radical (unpaired) electrons. The van der Waals surface area contributed by atoms with Gasteiger partial charge in [-0.05, 0) is 0 Å². The Morgan fingerprint density at radius 3 is 2.32 bits per heavy atom. The number of amides is 1. The van der Waals surface area contributed by atoms with E-state index in [1.165, 1.54) is 14.1 Å². The van der Waals surface area contributed by atoms with Gasteiger partial charge in [-0.3, -0.25) is 14.9 Å². The van der Waals surface area contributed by atoms with Gasteiger partial charge in [-0.15, -0.1) is 0 Å². The highest BCUT2D eigenvalue weighted by Crippen LogP contribution is 2.30. The molecular formula is C9H10ClN3O5S. The summed E-state index contributed by atoms with van der Waals surface area (Å²) in [4.78, 5) is 22.2. The Kier molecular flexibility index (Phi) is 4.13. The summed E-state index contributed by atoms with van der Waals surface area (Å²) in [5.41, 5.74) is -0.886. The molecule has 0 heterocycles. The SMILES string of the molecule is CN(C)C(=O)c1cc([N+](=O)[O-])cc(S(N)(=O)=O)c1Cl. The van der Waals surface area contributed by atoms with Crippen LogP contribution in [0.15, 0.2) is 17.0 Å². The van der Waals surface area contributed by atoms with Crippen LogP contribution < -0.4 is 5.14 Å². The van der Waals surface area contributed by atoms with E-state index < -0.39 is 36.5 Å². The molecule has 0 unspecified atom stereocenters. The number of halogens is 1. The van der Waals surface area contributed by atoms with Crippen molar-refractivity contribution >= 4 is 33.2 Å². The molecule has 0 aliphatic rings. The highest BCUT2D eigenvalue weighted by Gasteiger charge is 2.25. The summed E-state index contributed by atoms with van der Waals surface area (Å²) in [6.07, 6.45) is 0. The van der Waals surface area contributed by atoms with E-state index in [1.807, 2.05) is 0 Å². The molecule has 0 saturated carbocycles. The summed E-state index contributed by atoms with van der Waals surface area (Å²) in [7, 11) is -1.48. The number of benzene rings is 1. The van der Waals surface area contributed by atoms with Gasteiger partial charge in [-0.25, -0.2) is 13.6 Å². The molecular weight excluding hydrogens is 298 g/mol. The number of nitro groups is 1. The van der Waals surface area contributed by atoms with Crippen LogP contribution in [-0.4, -0.2) is 38.2 Å². The molecule has 0 aliphatic heterocycles. The third-order valence-corrected chi connectivity index (χ3v) is 3.63. The second-order valence-electron chi connectivity index (χ2n) is 3.81. The normalized spacial score (nSPS) is 11.2. The van der Waals surface area contributed by atoms with E-state index in [4.69, 9.17) is 16.7 Å². The Balaban J connectivity index is 3.70. The molecule has 10 heteroatoms. The van der Waals surface area contributed by atoms with E-state index in [0.717, 1.165) is 11.0 Å². The molecule has 1 aromatic rings. The fraction of sp³-hybridized carbons (Fsp3) is 0.222. The minimum Gasteiger partial charge on any atom is -0.345 e. The maximum Gasteiger partial charge on any atom is 0.271 e. The van der Waals surface area contributed by atoms with Gasteiger partial charge in [0.1, 0.15) is 4.90 Å². The summed E-state index contributed by atoms with van der Waals surface area (Å²) in [6, 6.07) is 1.61. The van der Waals surface area contributed by atoms with Gasteiger partial charge in [0.25, 0.3) is 11.6 Å². The predicted molar refractivity (Wildman–Crippen MR) is 67.5 cm³/mol. The van der Waals surface area contributed by atoms with Crippen molar-refractivity contribution in [2.45, 2.75) is 4.90 Å². The fourth-order valence-electron chi connectivity index (χ4n) is 1.29. The summed E-state index contributed by atoms with van der Waals surface area (Å²) in [6.45, 7) is 0. The first-order valence-electron chi connectivity index (χ1n) is 4.78. The van der Waals surface area contributed by atoms with Crippen molar-refractivity contribution in [3.8, 4) is 0 Å². The number of primary sulfonamides is 1. The molecule has 0 aromatic heterocycles. The number of hydrogen-bond acceptors (Lipinski definition) is 5. The number of hydrogen-bond donors (Lipinski definition) is 1. The number of nitrogens with two attached hydrogens (primary N) is 1. The Hall–Kier alpha value is -1.71. The van der Waals surface area contributed by atoms with Crippen LogP contribution >= 0.6 is 11.6 Å². The van der Waals surface area contributed by atoms with Crippen LogP contribution in [0.4, 0.5) is 5.69 Å².